The first kappa shape index (κ1) is 53.3. The van der Waals surface area contributed by atoms with Gasteiger partial charge >= 0.3 is 29.8 Å². The molecule has 404 valence electrons. The molecular weight excluding hydrogens is 1000 g/mol. The summed E-state index contributed by atoms with van der Waals surface area (Å²) >= 11 is 0. The monoisotopic (exact) mass is 1060 g/mol. The molecule has 0 radical (unpaired) electrons. The van der Waals surface area contributed by atoms with Crippen molar-refractivity contribution in [2.45, 2.75) is 101 Å². The zero-order valence-corrected chi connectivity index (χ0v) is 43.6. The van der Waals surface area contributed by atoms with Crippen LogP contribution in [0.2, 0.25) is 0 Å². The van der Waals surface area contributed by atoms with Gasteiger partial charge in [0.25, 0.3) is 0 Å². The Morgan fingerprint density at radius 2 is 1.26 bits per heavy atom. The van der Waals surface area contributed by atoms with Gasteiger partial charge in [0, 0.05) is 30.7 Å². The lowest BCUT2D eigenvalue weighted by atomic mass is 9.44. The van der Waals surface area contributed by atoms with Crippen LogP contribution in [0.3, 0.4) is 0 Å². The fourth-order valence-corrected chi connectivity index (χ4v) is 12.1. The molecule has 10 rings (SSSR count). The molecule has 2 saturated carbocycles. The molecule has 2 heterocycles. The number of ketones is 1. The normalized spacial score (nSPS) is 29.5. The minimum absolute atomic E-state index is 0.00766. The van der Waals surface area contributed by atoms with Crippen LogP contribution in [-0.4, -0.2) is 114 Å². The van der Waals surface area contributed by atoms with E-state index in [-0.39, 0.29) is 35.6 Å². The molecule has 5 aromatic rings. The number of rotatable bonds is 15. The summed E-state index contributed by atoms with van der Waals surface area (Å²) in [6, 6.07) is 42.1. The van der Waals surface area contributed by atoms with Crippen molar-refractivity contribution in [1.29, 1.82) is 0 Å². The molecule has 0 amide bonds. The molecule has 11 atom stereocenters. The first-order chi connectivity index (χ1) is 37.4. The second kappa shape index (κ2) is 21.3. The second-order valence-corrected chi connectivity index (χ2v) is 20.9. The number of para-hydroxylation sites is 2. The third-order valence-corrected chi connectivity index (χ3v) is 16.0. The zero-order valence-electron chi connectivity index (χ0n) is 43.6. The van der Waals surface area contributed by atoms with Crippen LogP contribution in [0.15, 0.2) is 168 Å². The van der Waals surface area contributed by atoms with E-state index in [1.165, 1.54) is 26.0 Å². The number of benzene rings is 5. The highest BCUT2D eigenvalue weighted by Crippen LogP contribution is 2.65. The molecule has 17 nitrogen and oxygen atoms in total. The summed E-state index contributed by atoms with van der Waals surface area (Å²) in [6.45, 7) is 5.76. The molecule has 0 aromatic heterocycles. The van der Waals surface area contributed by atoms with E-state index in [0.717, 1.165) is 0 Å². The van der Waals surface area contributed by atoms with Gasteiger partial charge in [0.1, 0.15) is 47.6 Å². The molecule has 5 aromatic carbocycles. The Kier molecular flexibility index (Phi) is 14.6. The average Bonchev–Trinajstić information content (AvgIpc) is 2.15. The number of Topliss-reactive ketones (excluding diaryl/α,β-unsaturated/α-hetero) is 1. The van der Waals surface area contributed by atoms with E-state index >= 15 is 9.59 Å². The molecule has 0 spiro atoms. The van der Waals surface area contributed by atoms with Crippen molar-refractivity contribution >= 4 is 41.5 Å². The summed E-state index contributed by atoms with van der Waals surface area (Å²) in [7, 11) is 0. The van der Waals surface area contributed by atoms with Crippen LogP contribution in [0.5, 0.6) is 11.5 Å². The highest BCUT2D eigenvalue weighted by atomic mass is 16.6. The lowest BCUT2D eigenvalue weighted by Gasteiger charge is -2.67. The first-order valence-electron chi connectivity index (χ1n) is 25.8. The summed E-state index contributed by atoms with van der Waals surface area (Å²) in [5, 5.41) is 14.3. The van der Waals surface area contributed by atoms with Gasteiger partial charge in [-0.25, -0.2) is 24.2 Å². The van der Waals surface area contributed by atoms with Crippen LogP contribution in [0.4, 0.5) is 0 Å². The maximum Gasteiger partial charge on any atom is 0.350 e. The van der Waals surface area contributed by atoms with Crippen molar-refractivity contribution in [2.24, 2.45) is 21.7 Å². The fraction of sp³-hybridized carbons (Fsp3) is 0.361. The van der Waals surface area contributed by atoms with Crippen molar-refractivity contribution in [1.82, 2.24) is 0 Å². The minimum atomic E-state index is -2.45. The SMILES string of the molecule is CC(=O)O[C@@]12CO[C@@H]1C[C@H](OC(=O)COc1ccccc1)[C@@]1(C)C(=O)[C@H](OC(=O)COc3ccccc3)C3=C(C)[C@@H](OC(=O)[C@@H]4OC(c5ccccc5)=N[C@@H]4c4ccccc4)C[C@@](O)([C@@H](OC(=O)c4ccccc4)[C@H]21)C3(C)C. The summed E-state index contributed by atoms with van der Waals surface area (Å²) < 4.78 is 56.4. The molecule has 5 aliphatic rings. The number of ether oxygens (including phenoxy) is 9. The van der Waals surface area contributed by atoms with E-state index in [4.69, 9.17) is 47.6 Å². The van der Waals surface area contributed by atoms with Gasteiger partial charge in [-0.05, 0) is 79.1 Å². The van der Waals surface area contributed by atoms with Crippen LogP contribution in [0, 0.1) is 16.7 Å². The van der Waals surface area contributed by atoms with E-state index in [1.54, 1.807) is 136 Å². The first-order valence-corrected chi connectivity index (χ1v) is 25.8. The molecule has 3 aliphatic carbocycles. The Bertz CT molecular complexity index is 3130. The molecule has 3 fully saturated rings. The summed E-state index contributed by atoms with van der Waals surface area (Å²) in [5.41, 5.74) is -6.75. The molecular formula is C61H59NO16. The Morgan fingerprint density at radius 1 is 0.705 bits per heavy atom. The minimum Gasteiger partial charge on any atom is -0.482 e. The predicted octanol–water partition coefficient (Wildman–Crippen LogP) is 7.48. The molecule has 1 N–H and O–H groups in total. The summed E-state index contributed by atoms with van der Waals surface area (Å²) in [4.78, 5) is 93.5. The van der Waals surface area contributed by atoms with E-state index in [0.29, 0.717) is 22.6 Å². The Hall–Kier alpha value is -8.15. The van der Waals surface area contributed by atoms with Gasteiger partial charge in [-0.3, -0.25) is 9.59 Å². The van der Waals surface area contributed by atoms with Crippen molar-refractivity contribution < 1.29 is 76.5 Å². The predicted molar refractivity (Wildman–Crippen MR) is 278 cm³/mol. The topological polar surface area (TPSA) is 218 Å². The summed E-state index contributed by atoms with van der Waals surface area (Å²) in [6.07, 6.45) is -10.1. The Labute approximate surface area is 450 Å². The van der Waals surface area contributed by atoms with Gasteiger partial charge in [0.15, 0.2) is 30.7 Å². The van der Waals surface area contributed by atoms with Crippen LogP contribution in [-0.2, 0) is 57.1 Å². The van der Waals surface area contributed by atoms with E-state index in [9.17, 15) is 24.3 Å². The standard InChI is InChI=1S/C61H59NO16/c1-36-43(73-57(68)51-49(38-21-11-6-12-22-38)62-55(76-51)39-23-13-7-14-24-39)32-61(69)54(77-56(67)40-25-15-8-16-26-40)52-59(5,53(66)50(48(36)58(61,3)4)75-47(65)34-71-42-29-19-10-20-30-42)44(31-45-60(52,35-72-45)78-37(2)63)74-46(64)33-70-41-27-17-9-18-28-41/h6-30,43-45,49-52,54,69H,31-35H2,1-5H3/t43-,44-,45+,49+,50+,51+,52-,54-,59+,60-,61+/m0/s1. The van der Waals surface area contributed by atoms with Crippen molar-refractivity contribution in [2.75, 3.05) is 19.8 Å². The van der Waals surface area contributed by atoms with Gasteiger partial charge in [-0.1, -0.05) is 117 Å². The number of hydrogen-bond donors (Lipinski definition) is 1. The van der Waals surface area contributed by atoms with Crippen LogP contribution < -0.4 is 9.47 Å². The average molecular weight is 1060 g/mol. The lowest BCUT2D eigenvalue weighted by Crippen LogP contribution is -2.82. The number of aliphatic imine (C=N–C) groups is 1. The van der Waals surface area contributed by atoms with Crippen molar-refractivity contribution in [3.8, 4) is 11.5 Å². The molecule has 1 saturated heterocycles. The lowest BCUT2D eigenvalue weighted by molar-refractivity contribution is -0.346. The zero-order chi connectivity index (χ0) is 55.0. The highest BCUT2D eigenvalue weighted by Gasteiger charge is 2.79. The fourth-order valence-electron chi connectivity index (χ4n) is 12.1. The molecule has 2 bridgehead atoms. The van der Waals surface area contributed by atoms with Gasteiger partial charge in [0.05, 0.1) is 23.5 Å². The highest BCUT2D eigenvalue weighted by molar-refractivity contribution is 5.98. The summed E-state index contributed by atoms with van der Waals surface area (Å²) in [5.74, 6) is -6.25. The van der Waals surface area contributed by atoms with Gasteiger partial charge in [-0.15, -0.1) is 0 Å². The maximum atomic E-state index is 16.7. The largest absolute Gasteiger partial charge is 0.482 e. The molecule has 2 aliphatic heterocycles. The third-order valence-electron chi connectivity index (χ3n) is 16.0. The van der Waals surface area contributed by atoms with Crippen molar-refractivity contribution in [3.05, 3.63) is 179 Å². The number of aliphatic hydroxyl groups is 1. The molecule has 0 unspecified atom stereocenters. The van der Waals surface area contributed by atoms with Crippen LogP contribution >= 0.6 is 0 Å². The quantitative estimate of drug-likeness (QED) is 0.0610. The third kappa shape index (κ3) is 9.69. The second-order valence-electron chi connectivity index (χ2n) is 20.9. The smallest absolute Gasteiger partial charge is 0.350 e. The number of hydrogen-bond acceptors (Lipinski definition) is 17. The number of fused-ring (bicyclic) bond motifs is 5. The van der Waals surface area contributed by atoms with Gasteiger partial charge in [0.2, 0.25) is 12.0 Å². The van der Waals surface area contributed by atoms with Gasteiger partial charge < -0.3 is 47.7 Å². The van der Waals surface area contributed by atoms with E-state index in [2.05, 4.69) is 0 Å². The number of carbonyl (C=O) groups is 6. The Balaban J connectivity index is 1.14. The van der Waals surface area contributed by atoms with E-state index in [1.807, 2.05) is 24.3 Å². The number of esters is 5. The number of carbonyl (C=O) groups excluding carboxylic acids is 6. The van der Waals surface area contributed by atoms with Gasteiger partial charge in [-0.2, -0.15) is 0 Å². The maximum absolute atomic E-state index is 16.7. The number of nitrogens with zero attached hydrogens (tertiary/aromatic N) is 1. The Morgan fingerprint density at radius 3 is 1.82 bits per heavy atom. The molecule has 17 heteroatoms. The van der Waals surface area contributed by atoms with Crippen LogP contribution in [0.1, 0.15) is 75.0 Å². The molecule has 78 heavy (non-hydrogen) atoms. The van der Waals surface area contributed by atoms with E-state index < -0.39 is 126 Å². The van der Waals surface area contributed by atoms with Crippen LogP contribution in [0.25, 0.3) is 0 Å². The van der Waals surface area contributed by atoms with Crippen molar-refractivity contribution in [3.63, 3.8) is 0 Å².